The molecular weight excluding hydrogens is 146 g/mol. The van der Waals surface area contributed by atoms with Crippen LogP contribution in [0, 0.1) is 0 Å². The first kappa shape index (κ1) is 6.27. The number of cyclic esters (lactones) is 1. The Labute approximate surface area is 63.1 Å². The molecule has 0 saturated carbocycles. The Morgan fingerprint density at radius 3 is 3.09 bits per heavy atom. The van der Waals surface area contributed by atoms with Crippen molar-refractivity contribution < 1.29 is 13.9 Å². The monoisotopic (exact) mass is 153 g/mol. The fourth-order valence-corrected chi connectivity index (χ4v) is 1.02. The summed E-state index contributed by atoms with van der Waals surface area (Å²) in [4.78, 5) is 10.6. The average molecular weight is 153 g/mol. The van der Waals surface area contributed by atoms with Crippen LogP contribution in [-0.2, 0) is 4.74 Å². The third-order valence-corrected chi connectivity index (χ3v) is 1.54. The quantitative estimate of drug-likeness (QED) is 0.656. The summed E-state index contributed by atoms with van der Waals surface area (Å²) in [5.74, 6) is 0.684. The third kappa shape index (κ3) is 1.07. The van der Waals surface area contributed by atoms with Gasteiger partial charge >= 0.3 is 6.09 Å². The van der Waals surface area contributed by atoms with Gasteiger partial charge in [0.15, 0.2) is 6.10 Å². The van der Waals surface area contributed by atoms with Crippen LogP contribution >= 0.6 is 0 Å². The van der Waals surface area contributed by atoms with Crippen LogP contribution in [0.5, 0.6) is 0 Å². The van der Waals surface area contributed by atoms with Gasteiger partial charge in [0, 0.05) is 0 Å². The minimum absolute atomic E-state index is 0.252. The molecule has 1 aromatic heterocycles. The lowest BCUT2D eigenvalue weighted by molar-refractivity contribution is 0.128. The molecule has 1 aliphatic rings. The Morgan fingerprint density at radius 1 is 1.64 bits per heavy atom. The predicted octanol–water partition coefficient (Wildman–Crippen LogP) is 1.06. The second-order valence-electron chi connectivity index (χ2n) is 2.29. The lowest BCUT2D eigenvalue weighted by atomic mass is 10.3. The topological polar surface area (TPSA) is 51.5 Å². The molecule has 1 fully saturated rings. The van der Waals surface area contributed by atoms with E-state index in [2.05, 4.69) is 5.32 Å². The summed E-state index contributed by atoms with van der Waals surface area (Å²) >= 11 is 0. The van der Waals surface area contributed by atoms with E-state index in [0.29, 0.717) is 12.3 Å². The van der Waals surface area contributed by atoms with Crippen molar-refractivity contribution in [3.63, 3.8) is 0 Å². The molecule has 1 saturated heterocycles. The summed E-state index contributed by atoms with van der Waals surface area (Å²) in [5.41, 5.74) is 0. The van der Waals surface area contributed by atoms with Gasteiger partial charge in [0.05, 0.1) is 12.8 Å². The number of amides is 1. The van der Waals surface area contributed by atoms with E-state index in [1.165, 1.54) is 0 Å². The summed E-state index contributed by atoms with van der Waals surface area (Å²) < 4.78 is 9.91. The fourth-order valence-electron chi connectivity index (χ4n) is 1.02. The molecule has 1 N–H and O–H groups in total. The second-order valence-corrected chi connectivity index (χ2v) is 2.29. The normalized spacial score (nSPS) is 22.9. The van der Waals surface area contributed by atoms with Crippen molar-refractivity contribution in [1.82, 2.24) is 5.32 Å². The Hall–Kier alpha value is -1.45. The van der Waals surface area contributed by atoms with Crippen molar-refractivity contribution >= 4 is 6.09 Å². The van der Waals surface area contributed by atoms with Gasteiger partial charge < -0.3 is 14.5 Å². The van der Waals surface area contributed by atoms with Crippen molar-refractivity contribution in [1.29, 1.82) is 0 Å². The summed E-state index contributed by atoms with van der Waals surface area (Å²) in [7, 11) is 0. The van der Waals surface area contributed by atoms with Crippen molar-refractivity contribution in [3.8, 4) is 0 Å². The smallest absolute Gasteiger partial charge is 0.408 e. The van der Waals surface area contributed by atoms with Gasteiger partial charge in [-0.05, 0) is 12.1 Å². The third-order valence-electron chi connectivity index (χ3n) is 1.54. The molecule has 0 radical (unpaired) electrons. The van der Waals surface area contributed by atoms with Crippen LogP contribution in [0.15, 0.2) is 22.8 Å². The predicted molar refractivity (Wildman–Crippen MR) is 35.9 cm³/mol. The van der Waals surface area contributed by atoms with Crippen LogP contribution in [-0.4, -0.2) is 12.6 Å². The molecule has 2 rings (SSSR count). The van der Waals surface area contributed by atoms with Crippen molar-refractivity contribution in [2.45, 2.75) is 6.10 Å². The molecule has 4 nitrogen and oxygen atoms in total. The minimum Gasteiger partial charge on any atom is -0.465 e. The molecule has 1 amide bonds. The summed E-state index contributed by atoms with van der Waals surface area (Å²) in [6.07, 6.45) is 0.922. The van der Waals surface area contributed by atoms with Crippen LogP contribution < -0.4 is 5.32 Å². The van der Waals surface area contributed by atoms with Gasteiger partial charge in [-0.3, -0.25) is 0 Å². The number of hydrogen-bond donors (Lipinski definition) is 1. The van der Waals surface area contributed by atoms with Gasteiger partial charge in [0.1, 0.15) is 5.76 Å². The van der Waals surface area contributed by atoms with Gasteiger partial charge in [-0.2, -0.15) is 0 Å². The summed E-state index contributed by atoms with van der Waals surface area (Å²) in [5, 5.41) is 2.54. The number of rotatable bonds is 1. The molecule has 0 aromatic carbocycles. The van der Waals surface area contributed by atoms with E-state index >= 15 is 0 Å². The Balaban J connectivity index is 2.13. The first-order chi connectivity index (χ1) is 5.36. The zero-order valence-electron chi connectivity index (χ0n) is 5.74. The summed E-state index contributed by atoms with van der Waals surface area (Å²) in [6.45, 7) is 0.492. The molecule has 2 heterocycles. The molecule has 58 valence electrons. The zero-order chi connectivity index (χ0) is 7.68. The maximum absolute atomic E-state index is 10.6. The molecule has 1 atom stereocenters. The molecule has 0 bridgehead atoms. The van der Waals surface area contributed by atoms with Crippen LogP contribution in [0.2, 0.25) is 0 Å². The highest BCUT2D eigenvalue weighted by molar-refractivity contribution is 5.69. The first-order valence-corrected chi connectivity index (χ1v) is 3.34. The second kappa shape index (κ2) is 2.30. The van der Waals surface area contributed by atoms with E-state index in [1.54, 1.807) is 18.4 Å². The maximum atomic E-state index is 10.6. The number of carbonyl (C=O) groups excluding carboxylic acids is 1. The largest absolute Gasteiger partial charge is 0.465 e. The van der Waals surface area contributed by atoms with E-state index in [-0.39, 0.29) is 12.2 Å². The van der Waals surface area contributed by atoms with Crippen LogP contribution in [0.25, 0.3) is 0 Å². The summed E-state index contributed by atoms with van der Waals surface area (Å²) in [6, 6.07) is 3.55. The molecule has 0 aliphatic carbocycles. The standard InChI is InChI=1S/C7H7NO3/c9-7-8-4-6(11-7)5-2-1-3-10-5/h1-3,6H,4H2,(H,8,9). The SMILES string of the molecule is O=C1NCC(c2ccco2)O1. The number of furan rings is 1. The highest BCUT2D eigenvalue weighted by atomic mass is 16.6. The van der Waals surface area contributed by atoms with Gasteiger partial charge in [0.25, 0.3) is 0 Å². The van der Waals surface area contributed by atoms with Gasteiger partial charge in [0.2, 0.25) is 0 Å². The van der Waals surface area contributed by atoms with E-state index in [0.717, 1.165) is 0 Å². The highest BCUT2D eigenvalue weighted by Crippen LogP contribution is 2.20. The molecule has 1 unspecified atom stereocenters. The number of alkyl carbamates (subject to hydrolysis) is 1. The van der Waals surface area contributed by atoms with E-state index < -0.39 is 0 Å². The molecular formula is C7H7NO3. The van der Waals surface area contributed by atoms with Crippen LogP contribution in [0.3, 0.4) is 0 Å². The van der Waals surface area contributed by atoms with E-state index in [9.17, 15) is 4.79 Å². The molecule has 11 heavy (non-hydrogen) atoms. The van der Waals surface area contributed by atoms with Gasteiger partial charge in [-0.1, -0.05) is 0 Å². The lowest BCUT2D eigenvalue weighted by Crippen LogP contribution is -2.12. The lowest BCUT2D eigenvalue weighted by Gasteiger charge is -2.01. The number of hydrogen-bond acceptors (Lipinski definition) is 3. The van der Waals surface area contributed by atoms with Crippen molar-refractivity contribution in [2.24, 2.45) is 0 Å². The van der Waals surface area contributed by atoms with Crippen molar-refractivity contribution in [2.75, 3.05) is 6.54 Å². The number of carbonyl (C=O) groups is 1. The first-order valence-electron chi connectivity index (χ1n) is 3.34. The van der Waals surface area contributed by atoms with E-state index in [4.69, 9.17) is 9.15 Å². The minimum atomic E-state index is -0.383. The number of ether oxygens (including phenoxy) is 1. The fraction of sp³-hybridized carbons (Fsp3) is 0.286. The average Bonchev–Trinajstić information content (AvgIpc) is 2.55. The maximum Gasteiger partial charge on any atom is 0.408 e. The molecule has 1 aromatic rings. The number of nitrogens with one attached hydrogen (secondary N) is 1. The molecule has 0 spiro atoms. The Bertz CT molecular complexity index is 255. The van der Waals surface area contributed by atoms with Crippen molar-refractivity contribution in [3.05, 3.63) is 24.2 Å². The Morgan fingerprint density at radius 2 is 2.55 bits per heavy atom. The van der Waals surface area contributed by atoms with Crippen LogP contribution in [0.4, 0.5) is 4.79 Å². The van der Waals surface area contributed by atoms with Gasteiger partial charge in [-0.25, -0.2) is 4.79 Å². The molecule has 4 heteroatoms. The highest BCUT2D eigenvalue weighted by Gasteiger charge is 2.25. The molecule has 1 aliphatic heterocycles. The van der Waals surface area contributed by atoms with Gasteiger partial charge in [-0.15, -0.1) is 0 Å². The van der Waals surface area contributed by atoms with Crippen LogP contribution in [0.1, 0.15) is 11.9 Å². The Kier molecular flexibility index (Phi) is 1.31. The van der Waals surface area contributed by atoms with E-state index in [1.807, 2.05) is 0 Å². The zero-order valence-corrected chi connectivity index (χ0v) is 5.74.